The highest BCUT2D eigenvalue weighted by Gasteiger charge is 2.14. The van der Waals surface area contributed by atoms with Crippen LogP contribution in [0.5, 0.6) is 5.75 Å². The molecule has 0 bridgehead atoms. The van der Waals surface area contributed by atoms with E-state index >= 15 is 0 Å². The minimum absolute atomic E-state index is 0.0828. The van der Waals surface area contributed by atoms with Crippen LogP contribution in [0.1, 0.15) is 22.7 Å². The highest BCUT2D eigenvalue weighted by atomic mass is 19.3. The van der Waals surface area contributed by atoms with Gasteiger partial charge in [-0.1, -0.05) is 72.8 Å². The molecule has 0 heterocycles. The summed E-state index contributed by atoms with van der Waals surface area (Å²) in [6.45, 7) is -2.20. The number of amides is 1. The first-order valence-electron chi connectivity index (χ1n) is 9.75. The molecule has 0 unspecified atom stereocenters. The molecule has 1 amide bonds. The third-order valence-corrected chi connectivity index (χ3v) is 4.62. The number of nitrogens with one attached hydrogen (secondary N) is 2. The van der Waals surface area contributed by atoms with Crippen LogP contribution in [0, 0.1) is 0 Å². The fourth-order valence-corrected chi connectivity index (χ4v) is 3.16. The Bertz CT molecular complexity index is 864. The van der Waals surface area contributed by atoms with Crippen molar-refractivity contribution < 1.29 is 18.3 Å². The highest BCUT2D eigenvalue weighted by molar-refractivity contribution is 5.78. The predicted octanol–water partition coefficient (Wildman–Crippen LogP) is 4.33. The van der Waals surface area contributed by atoms with Crippen LogP contribution in [0.15, 0.2) is 84.9 Å². The van der Waals surface area contributed by atoms with Gasteiger partial charge in [0.1, 0.15) is 5.75 Å². The second-order valence-corrected chi connectivity index (χ2v) is 6.76. The molecule has 0 atom stereocenters. The minimum Gasteiger partial charge on any atom is -0.435 e. The number of ether oxygens (including phenoxy) is 1. The van der Waals surface area contributed by atoms with Crippen molar-refractivity contribution in [3.8, 4) is 5.75 Å². The van der Waals surface area contributed by atoms with E-state index in [-0.39, 0.29) is 24.2 Å². The van der Waals surface area contributed by atoms with E-state index in [1.807, 2.05) is 60.7 Å². The van der Waals surface area contributed by atoms with Gasteiger partial charge in [0.05, 0.1) is 12.6 Å². The maximum absolute atomic E-state index is 12.3. The summed E-state index contributed by atoms with van der Waals surface area (Å²) in [5.74, 6) is 0.0133. The van der Waals surface area contributed by atoms with Gasteiger partial charge < -0.3 is 10.1 Å². The molecule has 0 fully saturated rings. The SMILES string of the molecule is O=C(CNC(c1ccccc1)c1ccccc1)NCCc1ccc(OC(F)F)cc1. The lowest BCUT2D eigenvalue weighted by molar-refractivity contribution is -0.120. The molecule has 0 radical (unpaired) electrons. The van der Waals surface area contributed by atoms with Crippen LogP contribution < -0.4 is 15.4 Å². The van der Waals surface area contributed by atoms with E-state index in [2.05, 4.69) is 15.4 Å². The monoisotopic (exact) mass is 410 g/mol. The Morgan fingerprint density at radius 1 is 0.833 bits per heavy atom. The van der Waals surface area contributed by atoms with E-state index < -0.39 is 6.61 Å². The lowest BCUT2D eigenvalue weighted by Gasteiger charge is -2.19. The standard InChI is InChI=1S/C24H24F2N2O2/c25-24(26)30-21-13-11-18(12-14-21)15-16-27-22(29)17-28-23(19-7-3-1-4-8-19)20-9-5-2-6-10-20/h1-14,23-24,28H,15-17H2,(H,27,29). The quantitative estimate of drug-likeness (QED) is 0.523. The number of benzene rings is 3. The van der Waals surface area contributed by atoms with Gasteiger partial charge in [-0.2, -0.15) is 8.78 Å². The highest BCUT2D eigenvalue weighted by Crippen LogP contribution is 2.21. The molecular weight excluding hydrogens is 386 g/mol. The molecule has 156 valence electrons. The minimum atomic E-state index is -2.83. The average molecular weight is 410 g/mol. The summed E-state index contributed by atoms with van der Waals surface area (Å²) in [7, 11) is 0. The van der Waals surface area contributed by atoms with Crippen LogP contribution in [0.3, 0.4) is 0 Å². The van der Waals surface area contributed by atoms with E-state index in [0.29, 0.717) is 13.0 Å². The molecular formula is C24H24F2N2O2. The Labute approximate surface area is 174 Å². The van der Waals surface area contributed by atoms with Crippen molar-refractivity contribution in [2.45, 2.75) is 19.1 Å². The van der Waals surface area contributed by atoms with E-state index in [0.717, 1.165) is 16.7 Å². The summed E-state index contributed by atoms with van der Waals surface area (Å²) < 4.78 is 28.7. The zero-order chi connectivity index (χ0) is 21.2. The van der Waals surface area contributed by atoms with Crippen LogP contribution >= 0.6 is 0 Å². The van der Waals surface area contributed by atoms with Gasteiger partial charge in [-0.3, -0.25) is 10.1 Å². The van der Waals surface area contributed by atoms with Crippen molar-refractivity contribution in [2.24, 2.45) is 0 Å². The van der Waals surface area contributed by atoms with Crippen molar-refractivity contribution >= 4 is 5.91 Å². The summed E-state index contributed by atoms with van der Waals surface area (Å²) in [5.41, 5.74) is 3.10. The zero-order valence-electron chi connectivity index (χ0n) is 16.4. The third-order valence-electron chi connectivity index (χ3n) is 4.62. The first-order chi connectivity index (χ1) is 14.6. The number of carbonyl (C=O) groups is 1. The topological polar surface area (TPSA) is 50.4 Å². The molecule has 0 spiro atoms. The number of carbonyl (C=O) groups excluding carboxylic acids is 1. The fourth-order valence-electron chi connectivity index (χ4n) is 3.16. The van der Waals surface area contributed by atoms with Gasteiger partial charge in [-0.25, -0.2) is 0 Å². The summed E-state index contributed by atoms with van der Waals surface area (Å²) in [5, 5.41) is 6.21. The van der Waals surface area contributed by atoms with E-state index in [1.54, 1.807) is 12.1 Å². The Kier molecular flexibility index (Phi) is 7.92. The van der Waals surface area contributed by atoms with Gasteiger partial charge in [0.25, 0.3) is 0 Å². The van der Waals surface area contributed by atoms with Crippen molar-refractivity contribution in [2.75, 3.05) is 13.1 Å². The van der Waals surface area contributed by atoms with Crippen molar-refractivity contribution in [1.82, 2.24) is 10.6 Å². The molecule has 30 heavy (non-hydrogen) atoms. The number of alkyl halides is 2. The van der Waals surface area contributed by atoms with Gasteiger partial charge in [0.15, 0.2) is 0 Å². The fraction of sp³-hybridized carbons (Fsp3) is 0.208. The molecule has 0 aliphatic heterocycles. The van der Waals surface area contributed by atoms with Gasteiger partial charge in [0.2, 0.25) is 5.91 Å². The Morgan fingerprint density at radius 3 is 1.93 bits per heavy atom. The summed E-state index contributed by atoms with van der Waals surface area (Å²) >= 11 is 0. The summed E-state index contributed by atoms with van der Waals surface area (Å²) in [6, 6.07) is 26.3. The Hall–Kier alpha value is -3.25. The lowest BCUT2D eigenvalue weighted by atomic mass is 9.99. The Balaban J connectivity index is 1.49. The lowest BCUT2D eigenvalue weighted by Crippen LogP contribution is -2.37. The van der Waals surface area contributed by atoms with Crippen LogP contribution in [-0.2, 0) is 11.2 Å². The van der Waals surface area contributed by atoms with E-state index in [9.17, 15) is 13.6 Å². The third kappa shape index (κ3) is 6.67. The van der Waals surface area contributed by atoms with Crippen molar-refractivity contribution in [3.63, 3.8) is 0 Å². The normalized spacial score (nSPS) is 10.9. The molecule has 0 aromatic heterocycles. The van der Waals surface area contributed by atoms with Crippen LogP contribution in [0.4, 0.5) is 8.78 Å². The Morgan fingerprint density at radius 2 is 1.40 bits per heavy atom. The zero-order valence-corrected chi connectivity index (χ0v) is 16.4. The number of hydrogen-bond acceptors (Lipinski definition) is 3. The first kappa shape index (κ1) is 21.5. The summed E-state index contributed by atoms with van der Waals surface area (Å²) in [6.07, 6.45) is 0.599. The molecule has 0 aliphatic carbocycles. The van der Waals surface area contributed by atoms with Crippen LogP contribution in [0.25, 0.3) is 0 Å². The average Bonchev–Trinajstić information content (AvgIpc) is 2.76. The smallest absolute Gasteiger partial charge is 0.387 e. The molecule has 0 saturated carbocycles. The molecule has 2 N–H and O–H groups in total. The number of hydrogen-bond donors (Lipinski definition) is 2. The molecule has 0 saturated heterocycles. The van der Waals surface area contributed by atoms with Crippen LogP contribution in [-0.4, -0.2) is 25.6 Å². The molecule has 4 nitrogen and oxygen atoms in total. The molecule has 3 rings (SSSR count). The molecule has 3 aromatic rings. The first-order valence-corrected chi connectivity index (χ1v) is 9.75. The summed E-state index contributed by atoms with van der Waals surface area (Å²) in [4.78, 5) is 12.3. The van der Waals surface area contributed by atoms with Gasteiger partial charge in [-0.05, 0) is 35.2 Å². The number of halogens is 2. The van der Waals surface area contributed by atoms with Gasteiger partial charge in [0, 0.05) is 6.54 Å². The van der Waals surface area contributed by atoms with E-state index in [1.165, 1.54) is 12.1 Å². The maximum atomic E-state index is 12.3. The van der Waals surface area contributed by atoms with Crippen molar-refractivity contribution in [3.05, 3.63) is 102 Å². The predicted molar refractivity (Wildman–Crippen MR) is 113 cm³/mol. The molecule has 3 aromatic carbocycles. The molecule has 6 heteroatoms. The van der Waals surface area contributed by atoms with Gasteiger partial charge >= 0.3 is 6.61 Å². The van der Waals surface area contributed by atoms with E-state index in [4.69, 9.17) is 0 Å². The van der Waals surface area contributed by atoms with Crippen molar-refractivity contribution in [1.29, 1.82) is 0 Å². The van der Waals surface area contributed by atoms with Crippen LogP contribution in [0.2, 0.25) is 0 Å². The second kappa shape index (κ2) is 11.1. The van der Waals surface area contributed by atoms with Gasteiger partial charge in [-0.15, -0.1) is 0 Å². The largest absolute Gasteiger partial charge is 0.435 e. The second-order valence-electron chi connectivity index (χ2n) is 6.76. The molecule has 0 aliphatic rings. The number of rotatable bonds is 10. The maximum Gasteiger partial charge on any atom is 0.387 e.